The highest BCUT2D eigenvalue weighted by molar-refractivity contribution is 7.85. The molecule has 0 heterocycles. The van der Waals surface area contributed by atoms with Crippen molar-refractivity contribution in [2.45, 2.75) is 239 Å². The lowest BCUT2D eigenvalue weighted by Gasteiger charge is -2.40. The summed E-state index contributed by atoms with van der Waals surface area (Å²) in [6.07, 6.45) is 45.4. The van der Waals surface area contributed by atoms with Crippen LogP contribution in [0.3, 0.4) is 0 Å². The van der Waals surface area contributed by atoms with E-state index in [0.717, 1.165) is 11.0 Å². The molecule has 0 aliphatic heterocycles. The van der Waals surface area contributed by atoms with Gasteiger partial charge in [-0.05, 0) is 38.5 Å². The number of hydrogen-bond acceptors (Lipinski definition) is 3. The summed E-state index contributed by atoms with van der Waals surface area (Å²) < 4.78 is 35.7. The molecule has 0 aromatic rings. The van der Waals surface area contributed by atoms with E-state index in [0.29, 0.717) is 6.42 Å². The molecule has 0 aromatic heterocycles. The van der Waals surface area contributed by atoms with E-state index in [2.05, 4.69) is 20.8 Å². The molecular formula is C42H87NO3S. The van der Waals surface area contributed by atoms with Gasteiger partial charge in [0.2, 0.25) is 0 Å². The molecule has 0 aliphatic rings. The Morgan fingerprint density at radius 1 is 0.319 bits per heavy atom. The average Bonchev–Trinajstić information content (AvgIpc) is 3.04. The van der Waals surface area contributed by atoms with Gasteiger partial charge in [-0.3, -0.25) is 0 Å². The predicted octanol–water partition coefficient (Wildman–Crippen LogP) is 13.7. The number of quaternary nitrogens is 1. The van der Waals surface area contributed by atoms with Crippen molar-refractivity contribution in [1.29, 1.82) is 0 Å². The summed E-state index contributed by atoms with van der Waals surface area (Å²) in [6.45, 7) is 11.2. The Morgan fingerprint density at radius 2 is 0.511 bits per heavy atom. The molecule has 0 bridgehead atoms. The third kappa shape index (κ3) is 35.5. The van der Waals surface area contributed by atoms with E-state index in [4.69, 9.17) is 0 Å². The normalized spacial score (nSPS) is 12.3. The van der Waals surface area contributed by atoms with Crippen LogP contribution in [0.2, 0.25) is 0 Å². The lowest BCUT2D eigenvalue weighted by atomic mass is 10.0. The Bertz CT molecular complexity index is 646. The standard InChI is InChI=1S/C42H87NO3S/c1-4-7-10-13-16-19-22-25-28-31-34-38-43(41-37-42-47(44,45)46,39-35-32-29-26-23-20-17-14-11-8-5-2)40-36-33-30-27-24-21-18-15-12-9-6-3/h4-42H2,1-3H3. The lowest BCUT2D eigenvalue weighted by molar-refractivity contribution is -0.928. The summed E-state index contributed by atoms with van der Waals surface area (Å²) in [5.41, 5.74) is 0. The fourth-order valence-corrected chi connectivity index (χ4v) is 8.06. The van der Waals surface area contributed by atoms with E-state index in [1.165, 1.54) is 232 Å². The second-order valence-electron chi connectivity index (χ2n) is 15.5. The van der Waals surface area contributed by atoms with E-state index in [1.54, 1.807) is 0 Å². The first-order chi connectivity index (χ1) is 22.9. The van der Waals surface area contributed by atoms with Crippen LogP contribution in [0.5, 0.6) is 0 Å². The van der Waals surface area contributed by atoms with Crippen LogP contribution in [-0.2, 0) is 10.1 Å². The molecule has 0 spiro atoms. The zero-order valence-corrected chi connectivity index (χ0v) is 33.5. The van der Waals surface area contributed by atoms with Gasteiger partial charge < -0.3 is 9.04 Å². The van der Waals surface area contributed by atoms with Crippen LogP contribution in [0.4, 0.5) is 0 Å². The number of hydrogen-bond donors (Lipinski definition) is 0. The second-order valence-corrected chi connectivity index (χ2v) is 17.0. The molecule has 284 valence electrons. The first-order valence-electron chi connectivity index (χ1n) is 21.7. The minimum atomic E-state index is -4.14. The minimum Gasteiger partial charge on any atom is -0.748 e. The quantitative estimate of drug-likeness (QED) is 0.0366. The van der Waals surface area contributed by atoms with Crippen LogP contribution in [0.15, 0.2) is 0 Å². The van der Waals surface area contributed by atoms with E-state index in [9.17, 15) is 13.0 Å². The summed E-state index contributed by atoms with van der Waals surface area (Å²) in [5.74, 6) is -0.193. The average molecular weight is 686 g/mol. The maximum absolute atomic E-state index is 11.5. The molecule has 0 amide bonds. The van der Waals surface area contributed by atoms with E-state index >= 15 is 0 Å². The number of nitrogens with zero attached hydrogens (tertiary/aromatic N) is 1. The molecule has 4 nitrogen and oxygen atoms in total. The molecule has 0 N–H and O–H groups in total. The Hall–Kier alpha value is -0.130. The molecule has 0 radical (unpaired) electrons. The highest BCUT2D eigenvalue weighted by Gasteiger charge is 2.26. The lowest BCUT2D eigenvalue weighted by Crippen LogP contribution is -2.51. The summed E-state index contributed by atoms with van der Waals surface area (Å²) in [5, 5.41) is 0. The second kappa shape index (κ2) is 35.7. The van der Waals surface area contributed by atoms with Gasteiger partial charge in [-0.25, -0.2) is 8.42 Å². The van der Waals surface area contributed by atoms with Crippen molar-refractivity contribution in [2.75, 3.05) is 31.9 Å². The van der Waals surface area contributed by atoms with Crippen molar-refractivity contribution < 1.29 is 17.5 Å². The van der Waals surface area contributed by atoms with Crippen LogP contribution in [-0.4, -0.2) is 49.4 Å². The predicted molar refractivity (Wildman–Crippen MR) is 208 cm³/mol. The largest absolute Gasteiger partial charge is 0.748 e. The first-order valence-corrected chi connectivity index (χ1v) is 23.3. The number of unbranched alkanes of at least 4 members (excludes halogenated alkanes) is 30. The van der Waals surface area contributed by atoms with Crippen molar-refractivity contribution in [3.63, 3.8) is 0 Å². The van der Waals surface area contributed by atoms with Crippen molar-refractivity contribution >= 4 is 10.1 Å². The van der Waals surface area contributed by atoms with Gasteiger partial charge in [0.1, 0.15) is 0 Å². The monoisotopic (exact) mass is 686 g/mol. The van der Waals surface area contributed by atoms with E-state index < -0.39 is 10.1 Å². The summed E-state index contributed by atoms with van der Waals surface area (Å²) in [4.78, 5) is 0. The van der Waals surface area contributed by atoms with Gasteiger partial charge in [-0.15, -0.1) is 0 Å². The molecule has 0 rings (SSSR count). The maximum Gasteiger partial charge on any atom is 0.0948 e. The summed E-state index contributed by atoms with van der Waals surface area (Å²) in [6, 6.07) is 0. The van der Waals surface area contributed by atoms with E-state index in [-0.39, 0.29) is 5.75 Å². The highest BCUT2D eigenvalue weighted by atomic mass is 32.2. The Labute approximate surface area is 297 Å². The molecule has 0 aromatic carbocycles. The molecule has 0 unspecified atom stereocenters. The maximum atomic E-state index is 11.5. The molecule has 5 heteroatoms. The Balaban J connectivity index is 4.78. The molecule has 47 heavy (non-hydrogen) atoms. The Kier molecular flexibility index (Phi) is 35.6. The summed E-state index contributed by atoms with van der Waals surface area (Å²) in [7, 11) is -4.14. The van der Waals surface area contributed by atoms with Crippen LogP contribution in [0.25, 0.3) is 0 Å². The molecular weight excluding hydrogens is 599 g/mol. The molecule has 0 saturated heterocycles. The molecule has 0 atom stereocenters. The Morgan fingerprint density at radius 3 is 0.723 bits per heavy atom. The highest BCUT2D eigenvalue weighted by Crippen LogP contribution is 2.21. The fraction of sp³-hybridized carbons (Fsp3) is 1.00. The van der Waals surface area contributed by atoms with Crippen molar-refractivity contribution in [1.82, 2.24) is 0 Å². The molecule has 0 fully saturated rings. The van der Waals surface area contributed by atoms with Crippen molar-refractivity contribution in [3.8, 4) is 0 Å². The van der Waals surface area contributed by atoms with Gasteiger partial charge >= 0.3 is 0 Å². The SMILES string of the molecule is CCCCCCCCCCCCC[N+](CCCCCCCCCCCCC)(CCCCCCCCCCCCC)CCCS(=O)(=O)[O-]. The van der Waals surface area contributed by atoms with Gasteiger partial charge in [0.05, 0.1) is 36.3 Å². The van der Waals surface area contributed by atoms with Crippen molar-refractivity contribution in [2.24, 2.45) is 0 Å². The smallest absolute Gasteiger partial charge is 0.0948 e. The van der Waals surface area contributed by atoms with Gasteiger partial charge in [-0.1, -0.05) is 194 Å². The zero-order valence-electron chi connectivity index (χ0n) is 32.7. The van der Waals surface area contributed by atoms with Gasteiger partial charge in [0.25, 0.3) is 0 Å². The van der Waals surface area contributed by atoms with Crippen LogP contribution in [0, 0.1) is 0 Å². The summed E-state index contributed by atoms with van der Waals surface area (Å²) >= 11 is 0. The van der Waals surface area contributed by atoms with Gasteiger partial charge in [0, 0.05) is 12.2 Å². The molecule has 0 aliphatic carbocycles. The zero-order chi connectivity index (χ0) is 34.6. The third-order valence-electron chi connectivity index (χ3n) is 10.7. The third-order valence-corrected chi connectivity index (χ3v) is 11.5. The topological polar surface area (TPSA) is 57.2 Å². The van der Waals surface area contributed by atoms with Crippen LogP contribution >= 0.6 is 0 Å². The van der Waals surface area contributed by atoms with Crippen molar-refractivity contribution in [3.05, 3.63) is 0 Å². The van der Waals surface area contributed by atoms with Crippen LogP contribution in [0.1, 0.15) is 239 Å². The van der Waals surface area contributed by atoms with Crippen LogP contribution < -0.4 is 0 Å². The van der Waals surface area contributed by atoms with E-state index in [1.807, 2.05) is 0 Å². The number of rotatable bonds is 40. The fourth-order valence-electron chi connectivity index (χ4n) is 7.58. The van der Waals surface area contributed by atoms with Gasteiger partial charge in [-0.2, -0.15) is 0 Å². The first kappa shape index (κ1) is 46.9. The van der Waals surface area contributed by atoms with Gasteiger partial charge in [0.15, 0.2) is 0 Å². The minimum absolute atomic E-state index is 0.193. The molecule has 0 saturated carbocycles.